The van der Waals surface area contributed by atoms with Crippen LogP contribution in [-0.4, -0.2) is 19.2 Å². The second-order valence-electron chi connectivity index (χ2n) is 4.22. The van der Waals surface area contributed by atoms with E-state index in [1.54, 1.807) is 0 Å². The van der Waals surface area contributed by atoms with Gasteiger partial charge in [0.2, 0.25) is 0 Å². The molecular formula is C14H20N2O. The van der Waals surface area contributed by atoms with Crippen LogP contribution in [0.3, 0.4) is 0 Å². The van der Waals surface area contributed by atoms with E-state index in [0.29, 0.717) is 6.42 Å². The molecule has 0 unspecified atom stereocenters. The molecule has 0 radical (unpaired) electrons. The summed E-state index contributed by atoms with van der Waals surface area (Å²) >= 11 is 0. The van der Waals surface area contributed by atoms with Gasteiger partial charge >= 0.3 is 0 Å². The Bertz CT molecular complexity index is 351. The molecule has 0 aromatic heterocycles. The average molecular weight is 232 g/mol. The van der Waals surface area contributed by atoms with Gasteiger partial charge in [-0.25, -0.2) is 0 Å². The van der Waals surface area contributed by atoms with Gasteiger partial charge in [-0.05, 0) is 44.5 Å². The molecule has 0 saturated heterocycles. The highest BCUT2D eigenvalue weighted by Gasteiger charge is 1.98. The lowest BCUT2D eigenvalue weighted by molar-refractivity contribution is 0.242. The molecule has 92 valence electrons. The van der Waals surface area contributed by atoms with E-state index in [4.69, 9.17) is 10.00 Å². The Kier molecular flexibility index (Phi) is 6.13. The number of nitrogens with zero attached hydrogens (tertiary/aromatic N) is 1. The monoisotopic (exact) mass is 232 g/mol. The topological polar surface area (TPSA) is 45.0 Å². The highest BCUT2D eigenvalue weighted by Crippen LogP contribution is 2.13. The van der Waals surface area contributed by atoms with Gasteiger partial charge in [-0.15, -0.1) is 0 Å². The first-order valence-corrected chi connectivity index (χ1v) is 6.05. The molecule has 17 heavy (non-hydrogen) atoms. The Morgan fingerprint density at radius 1 is 1.24 bits per heavy atom. The Hall–Kier alpha value is -1.53. The number of hydrogen-bond acceptors (Lipinski definition) is 3. The maximum absolute atomic E-state index is 8.38. The summed E-state index contributed by atoms with van der Waals surface area (Å²) in [6.45, 7) is 5.72. The number of nitriles is 1. The molecule has 0 spiro atoms. The molecule has 0 aliphatic carbocycles. The first-order valence-electron chi connectivity index (χ1n) is 6.05. The minimum atomic E-state index is 0.216. The van der Waals surface area contributed by atoms with E-state index >= 15 is 0 Å². The van der Waals surface area contributed by atoms with Crippen molar-refractivity contribution in [1.82, 2.24) is 5.32 Å². The second-order valence-corrected chi connectivity index (χ2v) is 4.22. The summed E-state index contributed by atoms with van der Waals surface area (Å²) in [5, 5.41) is 11.6. The fraction of sp³-hybridized carbons (Fsp3) is 0.500. The molecule has 1 aromatic carbocycles. The third kappa shape index (κ3) is 5.94. The van der Waals surface area contributed by atoms with Crippen molar-refractivity contribution < 1.29 is 4.74 Å². The predicted molar refractivity (Wildman–Crippen MR) is 69.0 cm³/mol. The molecule has 0 bridgehead atoms. The van der Waals surface area contributed by atoms with Crippen LogP contribution in [0, 0.1) is 11.3 Å². The summed E-state index contributed by atoms with van der Waals surface area (Å²) in [6, 6.07) is 10.3. The lowest BCUT2D eigenvalue weighted by Crippen LogP contribution is -2.18. The van der Waals surface area contributed by atoms with Crippen molar-refractivity contribution in [2.45, 2.75) is 32.8 Å². The van der Waals surface area contributed by atoms with Crippen LogP contribution in [0.15, 0.2) is 24.3 Å². The van der Waals surface area contributed by atoms with E-state index in [9.17, 15) is 0 Å². The lowest BCUT2D eigenvalue weighted by Gasteiger charge is -2.10. The molecule has 0 fully saturated rings. The molecule has 3 heteroatoms. The molecule has 1 rings (SSSR count). The Morgan fingerprint density at radius 3 is 2.53 bits per heavy atom. The third-order valence-corrected chi connectivity index (χ3v) is 2.30. The highest BCUT2D eigenvalue weighted by atomic mass is 16.5. The van der Waals surface area contributed by atoms with Crippen LogP contribution in [-0.2, 0) is 6.42 Å². The van der Waals surface area contributed by atoms with Crippen LogP contribution in [0.4, 0.5) is 0 Å². The molecule has 0 amide bonds. The molecule has 0 heterocycles. The molecule has 0 aliphatic heterocycles. The molecular weight excluding hydrogens is 212 g/mol. The average Bonchev–Trinajstić information content (AvgIpc) is 2.30. The van der Waals surface area contributed by atoms with Gasteiger partial charge < -0.3 is 10.1 Å². The molecule has 1 aromatic rings. The zero-order valence-electron chi connectivity index (χ0n) is 10.6. The van der Waals surface area contributed by atoms with E-state index in [1.165, 1.54) is 5.56 Å². The van der Waals surface area contributed by atoms with E-state index in [1.807, 2.05) is 26.0 Å². The first-order chi connectivity index (χ1) is 8.22. The Balaban J connectivity index is 2.28. The van der Waals surface area contributed by atoms with Gasteiger partial charge in [0, 0.05) is 13.0 Å². The minimum Gasteiger partial charge on any atom is -0.491 e. The van der Waals surface area contributed by atoms with E-state index in [2.05, 4.69) is 23.5 Å². The molecule has 3 nitrogen and oxygen atoms in total. The fourth-order valence-corrected chi connectivity index (χ4v) is 1.51. The SMILES string of the molecule is CC(C)Oc1ccc(CCNCCC#N)cc1. The maximum atomic E-state index is 8.38. The zero-order valence-corrected chi connectivity index (χ0v) is 10.6. The molecule has 0 atom stereocenters. The van der Waals surface area contributed by atoms with E-state index < -0.39 is 0 Å². The van der Waals surface area contributed by atoms with Gasteiger partial charge in [0.25, 0.3) is 0 Å². The van der Waals surface area contributed by atoms with Crippen LogP contribution in [0.25, 0.3) is 0 Å². The number of nitrogens with one attached hydrogen (secondary N) is 1. The number of rotatable bonds is 7. The second kappa shape index (κ2) is 7.70. The van der Waals surface area contributed by atoms with Gasteiger partial charge in [-0.2, -0.15) is 5.26 Å². The van der Waals surface area contributed by atoms with Gasteiger partial charge in [-0.1, -0.05) is 12.1 Å². The van der Waals surface area contributed by atoms with Crippen LogP contribution in [0.5, 0.6) is 5.75 Å². The maximum Gasteiger partial charge on any atom is 0.119 e. The van der Waals surface area contributed by atoms with Crippen LogP contribution in [0.2, 0.25) is 0 Å². The summed E-state index contributed by atoms with van der Waals surface area (Å²) in [4.78, 5) is 0. The minimum absolute atomic E-state index is 0.216. The van der Waals surface area contributed by atoms with Crippen LogP contribution >= 0.6 is 0 Å². The third-order valence-electron chi connectivity index (χ3n) is 2.30. The number of ether oxygens (including phenoxy) is 1. The molecule has 0 aliphatic rings. The van der Waals surface area contributed by atoms with E-state index in [-0.39, 0.29) is 6.10 Å². The van der Waals surface area contributed by atoms with Crippen molar-refractivity contribution >= 4 is 0 Å². The fourth-order valence-electron chi connectivity index (χ4n) is 1.51. The summed E-state index contributed by atoms with van der Waals surface area (Å²) in [7, 11) is 0. The summed E-state index contributed by atoms with van der Waals surface area (Å²) < 4.78 is 5.58. The zero-order chi connectivity index (χ0) is 12.5. The quantitative estimate of drug-likeness (QED) is 0.735. The summed E-state index contributed by atoms with van der Waals surface area (Å²) in [5.74, 6) is 0.918. The van der Waals surface area contributed by atoms with Crippen molar-refractivity contribution in [2.75, 3.05) is 13.1 Å². The number of hydrogen-bond donors (Lipinski definition) is 1. The van der Waals surface area contributed by atoms with Gasteiger partial charge in [-0.3, -0.25) is 0 Å². The van der Waals surface area contributed by atoms with E-state index in [0.717, 1.165) is 25.3 Å². The Labute approximate surface area is 103 Å². The molecule has 1 N–H and O–H groups in total. The van der Waals surface area contributed by atoms with Crippen molar-refractivity contribution in [3.05, 3.63) is 29.8 Å². The van der Waals surface area contributed by atoms with Gasteiger partial charge in [0.15, 0.2) is 0 Å². The van der Waals surface area contributed by atoms with Crippen LogP contribution < -0.4 is 10.1 Å². The summed E-state index contributed by atoms with van der Waals surface area (Å²) in [5.41, 5.74) is 1.28. The van der Waals surface area contributed by atoms with Gasteiger partial charge in [0.1, 0.15) is 5.75 Å². The predicted octanol–water partition coefficient (Wildman–Crippen LogP) is 2.52. The highest BCUT2D eigenvalue weighted by molar-refractivity contribution is 5.27. The number of benzene rings is 1. The van der Waals surface area contributed by atoms with Crippen molar-refractivity contribution in [3.63, 3.8) is 0 Å². The van der Waals surface area contributed by atoms with Crippen LogP contribution in [0.1, 0.15) is 25.8 Å². The van der Waals surface area contributed by atoms with Gasteiger partial charge in [0.05, 0.1) is 12.2 Å². The smallest absolute Gasteiger partial charge is 0.119 e. The van der Waals surface area contributed by atoms with Crippen molar-refractivity contribution in [1.29, 1.82) is 5.26 Å². The summed E-state index contributed by atoms with van der Waals surface area (Å²) in [6.07, 6.45) is 1.77. The van der Waals surface area contributed by atoms with Crippen molar-refractivity contribution in [3.8, 4) is 11.8 Å². The lowest BCUT2D eigenvalue weighted by atomic mass is 10.1. The van der Waals surface area contributed by atoms with Crippen molar-refractivity contribution in [2.24, 2.45) is 0 Å². The first kappa shape index (κ1) is 13.5. The molecule has 0 saturated carbocycles. The normalized spacial score (nSPS) is 10.2. The standard InChI is InChI=1S/C14H20N2O/c1-12(2)17-14-6-4-13(5-7-14)8-11-16-10-3-9-15/h4-7,12,16H,3,8,10-11H2,1-2H3. The Morgan fingerprint density at radius 2 is 1.94 bits per heavy atom. The largest absolute Gasteiger partial charge is 0.491 e.